The number of aryl methyl sites for hydroxylation is 1. The van der Waals surface area contributed by atoms with Crippen molar-refractivity contribution >= 4 is 52.2 Å². The lowest BCUT2D eigenvalue weighted by Crippen LogP contribution is -2.25. The van der Waals surface area contributed by atoms with Gasteiger partial charge in [-0.3, -0.25) is 5.43 Å². The Morgan fingerprint density at radius 2 is 1.91 bits per heavy atom. The minimum Gasteiger partial charge on any atom is -0.545 e. The number of furan rings is 1. The zero-order valence-electron chi connectivity index (χ0n) is 11.7. The van der Waals surface area contributed by atoms with E-state index in [1.54, 1.807) is 0 Å². The largest absolute Gasteiger partial charge is 0.545 e. The zero-order chi connectivity index (χ0) is 16.6. The number of aromatic carboxylic acids is 1. The highest BCUT2D eigenvalue weighted by Gasteiger charge is 2.24. The molecular formula is C15H10Cl3N2O3-. The Morgan fingerprint density at radius 1 is 1.22 bits per heavy atom. The monoisotopic (exact) mass is 371 g/mol. The molecule has 1 N–H and O–H groups in total. The van der Waals surface area contributed by atoms with Crippen molar-refractivity contribution in [1.29, 1.82) is 0 Å². The van der Waals surface area contributed by atoms with Crippen molar-refractivity contribution in [2.75, 3.05) is 5.43 Å². The van der Waals surface area contributed by atoms with Gasteiger partial charge in [-0.2, -0.15) is 5.10 Å². The number of hydrogen-bond acceptors (Lipinski definition) is 5. The fourth-order valence-electron chi connectivity index (χ4n) is 2.47. The molecule has 0 atom stereocenters. The summed E-state index contributed by atoms with van der Waals surface area (Å²) in [6.07, 6.45) is 3.24. The van der Waals surface area contributed by atoms with E-state index in [0.29, 0.717) is 50.6 Å². The van der Waals surface area contributed by atoms with Crippen LogP contribution in [0.5, 0.6) is 0 Å². The maximum atomic E-state index is 11.2. The second kappa shape index (κ2) is 6.43. The molecule has 0 amide bonds. The molecule has 1 aliphatic carbocycles. The smallest absolute Gasteiger partial charge is 0.113 e. The zero-order valence-corrected chi connectivity index (χ0v) is 13.9. The number of carbonyl (C=O) groups is 1. The molecule has 8 heteroatoms. The first-order valence-corrected chi connectivity index (χ1v) is 7.90. The summed E-state index contributed by atoms with van der Waals surface area (Å²) in [5.41, 5.74) is 4.20. The number of rotatable bonds is 3. The van der Waals surface area contributed by atoms with E-state index in [2.05, 4.69) is 10.5 Å². The first kappa shape index (κ1) is 16.2. The fraction of sp³-hybridized carbons (Fsp3) is 0.200. The topological polar surface area (TPSA) is 77.7 Å². The number of fused-ring (bicyclic) bond motifs is 1. The summed E-state index contributed by atoms with van der Waals surface area (Å²) in [5.74, 6) is -0.712. The molecule has 0 saturated heterocycles. The summed E-state index contributed by atoms with van der Waals surface area (Å²) in [6.45, 7) is 0. The number of benzene rings is 1. The summed E-state index contributed by atoms with van der Waals surface area (Å²) in [5, 5.41) is 16.5. The third-order valence-electron chi connectivity index (χ3n) is 3.50. The van der Waals surface area contributed by atoms with E-state index in [-0.39, 0.29) is 5.56 Å². The van der Waals surface area contributed by atoms with Gasteiger partial charge in [0.05, 0.1) is 27.4 Å². The average molecular weight is 373 g/mol. The third-order valence-corrected chi connectivity index (χ3v) is 4.32. The van der Waals surface area contributed by atoms with Crippen LogP contribution in [0.1, 0.15) is 34.5 Å². The molecule has 0 bridgehead atoms. The lowest BCUT2D eigenvalue weighted by atomic mass is 9.93. The molecule has 0 aliphatic heterocycles. The number of hydrazone groups is 1. The number of carboxylic acids is 1. The van der Waals surface area contributed by atoms with Gasteiger partial charge in [-0.15, -0.1) is 0 Å². The van der Waals surface area contributed by atoms with Gasteiger partial charge >= 0.3 is 0 Å². The number of nitrogens with zero attached hydrogens (tertiary/aromatic N) is 1. The molecule has 0 spiro atoms. The summed E-state index contributed by atoms with van der Waals surface area (Å²) in [6, 6.07) is 3.07. The van der Waals surface area contributed by atoms with E-state index in [1.165, 1.54) is 18.4 Å². The Labute approximate surface area is 146 Å². The third kappa shape index (κ3) is 3.17. The Bertz CT molecular complexity index is 791. The maximum Gasteiger partial charge on any atom is 0.113 e. The second-order valence-corrected chi connectivity index (χ2v) is 6.25. The van der Waals surface area contributed by atoms with Crippen molar-refractivity contribution in [2.24, 2.45) is 5.10 Å². The second-order valence-electron chi connectivity index (χ2n) is 5.00. The molecule has 0 saturated carbocycles. The minimum atomic E-state index is -1.30. The molecule has 1 aliphatic rings. The summed E-state index contributed by atoms with van der Waals surface area (Å²) in [4.78, 5) is 11.2. The van der Waals surface area contributed by atoms with Crippen LogP contribution in [0.4, 0.5) is 5.69 Å². The van der Waals surface area contributed by atoms with Crippen LogP contribution in [0.15, 0.2) is 27.9 Å². The molecule has 1 aromatic carbocycles. The van der Waals surface area contributed by atoms with Crippen molar-refractivity contribution in [3.05, 3.63) is 50.4 Å². The van der Waals surface area contributed by atoms with Crippen molar-refractivity contribution < 1.29 is 14.3 Å². The van der Waals surface area contributed by atoms with Crippen LogP contribution in [-0.4, -0.2) is 11.7 Å². The van der Waals surface area contributed by atoms with Crippen molar-refractivity contribution in [1.82, 2.24) is 0 Å². The van der Waals surface area contributed by atoms with Crippen LogP contribution in [0.25, 0.3) is 0 Å². The quantitative estimate of drug-likeness (QED) is 0.832. The highest BCUT2D eigenvalue weighted by Crippen LogP contribution is 2.34. The SMILES string of the molecule is O=C([O-])c1coc2c1/C(=N\Nc1c(Cl)cc(Cl)cc1Cl)CCC2. The van der Waals surface area contributed by atoms with Crippen LogP contribution >= 0.6 is 34.8 Å². The first-order chi connectivity index (χ1) is 11.0. The van der Waals surface area contributed by atoms with E-state index >= 15 is 0 Å². The van der Waals surface area contributed by atoms with Crippen LogP contribution in [0.2, 0.25) is 15.1 Å². The van der Waals surface area contributed by atoms with Gasteiger partial charge in [0.2, 0.25) is 0 Å². The molecule has 0 fully saturated rings. The molecule has 0 unspecified atom stereocenters. The Morgan fingerprint density at radius 3 is 2.57 bits per heavy atom. The average Bonchev–Trinajstić information content (AvgIpc) is 2.91. The molecular weight excluding hydrogens is 363 g/mol. The number of carboxylic acid groups (broad SMARTS) is 1. The number of halogens is 3. The molecule has 120 valence electrons. The highest BCUT2D eigenvalue weighted by molar-refractivity contribution is 6.41. The fourth-order valence-corrected chi connectivity index (χ4v) is 3.38. The lowest BCUT2D eigenvalue weighted by molar-refractivity contribution is -0.255. The molecule has 1 aromatic heterocycles. The van der Waals surface area contributed by atoms with Crippen LogP contribution in [0.3, 0.4) is 0 Å². The summed E-state index contributed by atoms with van der Waals surface area (Å²) < 4.78 is 5.29. The molecule has 1 heterocycles. The number of carbonyl (C=O) groups excluding carboxylic acids is 1. The van der Waals surface area contributed by atoms with Crippen LogP contribution in [-0.2, 0) is 6.42 Å². The Hall–Kier alpha value is -1.69. The molecule has 2 aromatic rings. The highest BCUT2D eigenvalue weighted by atomic mass is 35.5. The van der Waals surface area contributed by atoms with E-state index < -0.39 is 5.97 Å². The van der Waals surface area contributed by atoms with E-state index in [4.69, 9.17) is 39.2 Å². The lowest BCUT2D eigenvalue weighted by Gasteiger charge is -2.16. The number of anilines is 1. The number of nitrogens with one attached hydrogen (secondary N) is 1. The van der Waals surface area contributed by atoms with E-state index in [1.807, 2.05) is 0 Å². The summed E-state index contributed by atoms with van der Waals surface area (Å²) in [7, 11) is 0. The van der Waals surface area contributed by atoms with Gasteiger partial charge in [-0.05, 0) is 25.0 Å². The first-order valence-electron chi connectivity index (χ1n) is 6.76. The van der Waals surface area contributed by atoms with Crippen molar-refractivity contribution in [3.8, 4) is 0 Å². The van der Waals surface area contributed by atoms with Gasteiger partial charge in [-0.25, -0.2) is 0 Å². The van der Waals surface area contributed by atoms with Gasteiger partial charge < -0.3 is 14.3 Å². The Kier molecular flexibility index (Phi) is 4.53. The normalized spacial score (nSPS) is 15.5. The molecule has 5 nitrogen and oxygen atoms in total. The van der Waals surface area contributed by atoms with Gasteiger partial charge in [-0.1, -0.05) is 34.8 Å². The Balaban J connectivity index is 1.97. The van der Waals surface area contributed by atoms with Crippen molar-refractivity contribution in [2.45, 2.75) is 19.3 Å². The van der Waals surface area contributed by atoms with Gasteiger partial charge in [0, 0.05) is 22.6 Å². The predicted octanol–water partition coefficient (Wildman–Crippen LogP) is 3.76. The molecule has 23 heavy (non-hydrogen) atoms. The predicted molar refractivity (Wildman–Crippen MR) is 87.6 cm³/mol. The van der Waals surface area contributed by atoms with Crippen LogP contribution < -0.4 is 10.5 Å². The molecule has 3 rings (SSSR count). The van der Waals surface area contributed by atoms with Gasteiger partial charge in [0.25, 0.3) is 0 Å². The van der Waals surface area contributed by atoms with E-state index in [0.717, 1.165) is 6.42 Å². The van der Waals surface area contributed by atoms with Gasteiger partial charge in [0.15, 0.2) is 0 Å². The van der Waals surface area contributed by atoms with Crippen molar-refractivity contribution in [3.63, 3.8) is 0 Å². The minimum absolute atomic E-state index is 0.00597. The standard InChI is InChI=1S/C15H11Cl3N2O3/c16-7-4-9(17)14(10(18)5-7)20-19-11-2-1-3-12-13(11)8(6-23-12)15(21)22/h4-6,20H,1-3H2,(H,21,22)/p-1/b19-11-. The molecule has 0 radical (unpaired) electrons. The number of hydrogen-bond donors (Lipinski definition) is 1. The summed E-state index contributed by atoms with van der Waals surface area (Å²) >= 11 is 18.0. The van der Waals surface area contributed by atoms with E-state index in [9.17, 15) is 9.90 Å². The maximum absolute atomic E-state index is 11.2. The van der Waals surface area contributed by atoms with Crippen LogP contribution in [0, 0.1) is 0 Å². The van der Waals surface area contributed by atoms with Gasteiger partial charge in [0.1, 0.15) is 12.0 Å².